The molecule has 0 radical (unpaired) electrons. The third-order valence-corrected chi connectivity index (χ3v) is 4.40. The van der Waals surface area contributed by atoms with Crippen LogP contribution in [0.5, 0.6) is 0 Å². The third kappa shape index (κ3) is 4.21. The van der Waals surface area contributed by atoms with E-state index in [1.54, 1.807) is 22.9 Å². The van der Waals surface area contributed by atoms with E-state index in [1.165, 1.54) is 23.3 Å². The van der Waals surface area contributed by atoms with Crippen molar-refractivity contribution < 1.29 is 9.66 Å². The van der Waals surface area contributed by atoms with Gasteiger partial charge in [0.2, 0.25) is 4.77 Å². The number of nitrogens with zero attached hydrogens (tertiary/aromatic N) is 6. The summed E-state index contributed by atoms with van der Waals surface area (Å²) in [6.07, 6.45) is 3.23. The quantitative estimate of drug-likeness (QED) is 0.344. The summed E-state index contributed by atoms with van der Waals surface area (Å²) in [4.78, 5) is 12.8. The van der Waals surface area contributed by atoms with E-state index in [1.807, 2.05) is 13.8 Å². The maximum atomic E-state index is 11.1. The fourth-order valence-corrected chi connectivity index (χ4v) is 3.18. The summed E-state index contributed by atoms with van der Waals surface area (Å²) in [6.45, 7) is 6.23. The van der Waals surface area contributed by atoms with Gasteiger partial charge in [0.25, 0.3) is 5.69 Å². The van der Waals surface area contributed by atoms with Crippen LogP contribution in [0.25, 0.3) is 0 Å². The molecule has 2 atom stereocenters. The number of morpholine rings is 1. The summed E-state index contributed by atoms with van der Waals surface area (Å²) in [5.74, 6) is 0. The van der Waals surface area contributed by atoms with Crippen molar-refractivity contribution in [2.75, 3.05) is 13.1 Å². The first-order chi connectivity index (χ1) is 12.4. The van der Waals surface area contributed by atoms with Gasteiger partial charge in [0.05, 0.1) is 35.6 Å². The Morgan fingerprint density at radius 2 is 2.08 bits per heavy atom. The number of nitro groups is 1. The number of hydrogen-bond donors (Lipinski definition) is 0. The van der Waals surface area contributed by atoms with Crippen molar-refractivity contribution >= 4 is 24.1 Å². The van der Waals surface area contributed by atoms with Crippen LogP contribution in [0.4, 0.5) is 5.69 Å². The van der Waals surface area contributed by atoms with Crippen LogP contribution in [0.1, 0.15) is 19.4 Å². The maximum Gasteiger partial charge on any atom is 0.278 e. The molecule has 1 aromatic heterocycles. The predicted octanol–water partition coefficient (Wildman–Crippen LogP) is 2.27. The number of nitro benzene ring substituents is 1. The van der Waals surface area contributed by atoms with Gasteiger partial charge >= 0.3 is 0 Å². The molecule has 138 valence electrons. The zero-order valence-corrected chi connectivity index (χ0v) is 15.4. The molecule has 0 amide bonds. The van der Waals surface area contributed by atoms with Gasteiger partial charge in [-0.05, 0) is 32.1 Å². The third-order valence-electron chi connectivity index (χ3n) is 4.00. The van der Waals surface area contributed by atoms with Crippen molar-refractivity contribution in [1.82, 2.24) is 19.4 Å². The van der Waals surface area contributed by atoms with Gasteiger partial charge in [0.1, 0.15) is 6.33 Å². The Balaban J connectivity index is 1.75. The molecule has 0 aliphatic carbocycles. The van der Waals surface area contributed by atoms with Crippen molar-refractivity contribution in [3.8, 4) is 0 Å². The lowest BCUT2D eigenvalue weighted by Gasteiger charge is -2.34. The summed E-state index contributed by atoms with van der Waals surface area (Å²) in [5, 5.41) is 19.6. The van der Waals surface area contributed by atoms with E-state index < -0.39 is 4.92 Å². The lowest BCUT2D eigenvalue weighted by atomic mass is 10.2. The smallest absolute Gasteiger partial charge is 0.278 e. The van der Waals surface area contributed by atoms with E-state index in [9.17, 15) is 10.1 Å². The Kier molecular flexibility index (Phi) is 5.55. The summed E-state index contributed by atoms with van der Waals surface area (Å²) in [5.41, 5.74) is 0.398. The average Bonchev–Trinajstić information content (AvgIpc) is 2.92. The normalized spacial score (nSPS) is 21.3. The van der Waals surface area contributed by atoms with Gasteiger partial charge in [-0.25, -0.2) is 4.68 Å². The van der Waals surface area contributed by atoms with Crippen LogP contribution in [-0.2, 0) is 11.4 Å². The lowest BCUT2D eigenvalue weighted by Crippen LogP contribution is -2.46. The molecular weight excluding hydrogens is 356 g/mol. The number of para-hydroxylation sites is 1. The molecule has 2 heterocycles. The second-order valence-electron chi connectivity index (χ2n) is 6.25. The van der Waals surface area contributed by atoms with Crippen molar-refractivity contribution in [2.45, 2.75) is 32.7 Å². The lowest BCUT2D eigenvalue weighted by molar-refractivity contribution is -0.385. The SMILES string of the molecule is CC1CN(Cn2ncn(N=Cc3ccccc3[N+](=O)[O-])c2=S)CC(C)O1. The highest BCUT2D eigenvalue weighted by Gasteiger charge is 2.22. The minimum atomic E-state index is -0.440. The number of rotatable bonds is 5. The molecule has 1 aliphatic heterocycles. The molecule has 26 heavy (non-hydrogen) atoms. The summed E-state index contributed by atoms with van der Waals surface area (Å²) in [6, 6.07) is 6.40. The number of aromatic nitrogens is 3. The average molecular weight is 376 g/mol. The van der Waals surface area contributed by atoms with Crippen molar-refractivity contribution in [3.05, 3.63) is 51.0 Å². The molecule has 2 aromatic rings. The van der Waals surface area contributed by atoms with Crippen molar-refractivity contribution in [3.63, 3.8) is 0 Å². The van der Waals surface area contributed by atoms with Crippen molar-refractivity contribution in [1.29, 1.82) is 0 Å². The van der Waals surface area contributed by atoms with Gasteiger partial charge in [-0.1, -0.05) is 12.1 Å². The summed E-state index contributed by atoms with van der Waals surface area (Å²) in [7, 11) is 0. The molecule has 1 fully saturated rings. The predicted molar refractivity (Wildman–Crippen MR) is 98.7 cm³/mol. The highest BCUT2D eigenvalue weighted by molar-refractivity contribution is 7.71. The first kappa shape index (κ1) is 18.4. The van der Waals surface area contributed by atoms with Gasteiger partial charge in [-0.3, -0.25) is 15.0 Å². The van der Waals surface area contributed by atoms with E-state index in [-0.39, 0.29) is 17.9 Å². The molecule has 0 bridgehead atoms. The molecule has 0 saturated carbocycles. The second kappa shape index (κ2) is 7.85. The molecule has 1 aromatic carbocycles. The maximum absolute atomic E-state index is 11.1. The van der Waals surface area contributed by atoms with Crippen LogP contribution in [0.15, 0.2) is 35.7 Å². The molecule has 1 aliphatic rings. The largest absolute Gasteiger partial charge is 0.373 e. The van der Waals surface area contributed by atoms with Crippen LogP contribution >= 0.6 is 12.2 Å². The summed E-state index contributed by atoms with van der Waals surface area (Å²) >= 11 is 5.41. The fraction of sp³-hybridized carbons (Fsp3) is 0.438. The van der Waals surface area contributed by atoms with Gasteiger partial charge < -0.3 is 4.74 Å². The van der Waals surface area contributed by atoms with Crippen LogP contribution in [0.2, 0.25) is 0 Å². The molecule has 2 unspecified atom stereocenters. The molecule has 3 rings (SSSR count). The summed E-state index contributed by atoms with van der Waals surface area (Å²) < 4.78 is 9.26. The standard InChI is InChI=1S/C16H20N6O3S/c1-12-8-19(9-13(2)25-12)11-21-16(26)20(10-18-21)17-7-14-5-3-4-6-15(14)22(23)24/h3-7,10,12-13H,8-9,11H2,1-2H3. The van der Waals surface area contributed by atoms with Gasteiger partial charge in [-0.2, -0.15) is 14.9 Å². The van der Waals surface area contributed by atoms with Crippen molar-refractivity contribution in [2.24, 2.45) is 5.10 Å². The first-order valence-electron chi connectivity index (χ1n) is 8.24. The van der Waals surface area contributed by atoms with E-state index in [0.29, 0.717) is 17.0 Å². The van der Waals surface area contributed by atoms with Crippen LogP contribution < -0.4 is 0 Å². The van der Waals surface area contributed by atoms with Crippen LogP contribution in [0, 0.1) is 14.9 Å². The zero-order valence-electron chi connectivity index (χ0n) is 14.6. The topological polar surface area (TPSA) is 90.7 Å². The molecule has 10 heteroatoms. The minimum absolute atomic E-state index is 0.00791. The Labute approximate surface area is 155 Å². The Morgan fingerprint density at radius 1 is 1.38 bits per heavy atom. The second-order valence-corrected chi connectivity index (χ2v) is 6.62. The van der Waals surface area contributed by atoms with E-state index in [2.05, 4.69) is 15.1 Å². The highest BCUT2D eigenvalue weighted by atomic mass is 32.1. The molecular formula is C16H20N6O3S. The van der Waals surface area contributed by atoms with Crippen LogP contribution in [0.3, 0.4) is 0 Å². The van der Waals surface area contributed by atoms with E-state index in [4.69, 9.17) is 17.0 Å². The molecule has 0 spiro atoms. The first-order valence-corrected chi connectivity index (χ1v) is 8.65. The van der Waals surface area contributed by atoms with Gasteiger partial charge in [0, 0.05) is 19.2 Å². The van der Waals surface area contributed by atoms with Crippen LogP contribution in [-0.4, -0.2) is 55.8 Å². The highest BCUT2D eigenvalue weighted by Crippen LogP contribution is 2.15. The number of hydrogen-bond acceptors (Lipinski definition) is 7. The Bertz CT molecular complexity index is 867. The zero-order chi connectivity index (χ0) is 18.7. The van der Waals surface area contributed by atoms with E-state index in [0.717, 1.165) is 13.1 Å². The Hall–Kier alpha value is -2.43. The molecule has 0 N–H and O–H groups in total. The number of benzene rings is 1. The minimum Gasteiger partial charge on any atom is -0.373 e. The van der Waals surface area contributed by atoms with Gasteiger partial charge in [0.15, 0.2) is 0 Å². The molecule has 9 nitrogen and oxygen atoms in total. The fourth-order valence-electron chi connectivity index (χ4n) is 2.98. The Morgan fingerprint density at radius 3 is 2.77 bits per heavy atom. The monoisotopic (exact) mass is 376 g/mol. The number of ether oxygens (including phenoxy) is 1. The van der Waals surface area contributed by atoms with Gasteiger partial charge in [-0.15, -0.1) is 0 Å². The van der Waals surface area contributed by atoms with E-state index >= 15 is 0 Å². The molecule has 1 saturated heterocycles.